The van der Waals surface area contributed by atoms with Gasteiger partial charge in [0, 0.05) is 23.7 Å². The SMILES string of the molecule is O=C(Cn1nnc(-c2ccccc2NC(=O)CCc2ccccc2)n1)Nc1ccc2c(c1)OCCO2. The van der Waals surface area contributed by atoms with Crippen LogP contribution in [0.3, 0.4) is 0 Å². The summed E-state index contributed by atoms with van der Waals surface area (Å²) in [5.74, 6) is 1.10. The lowest BCUT2D eigenvalue weighted by Crippen LogP contribution is -2.21. The molecule has 2 amide bonds. The molecular formula is C26H24N6O4. The molecule has 182 valence electrons. The summed E-state index contributed by atoms with van der Waals surface area (Å²) in [6, 6.07) is 22.3. The number of benzene rings is 3. The number of ether oxygens (including phenoxy) is 2. The number of aryl methyl sites for hydroxylation is 1. The van der Waals surface area contributed by atoms with Crippen LogP contribution in [0, 0.1) is 0 Å². The molecule has 10 heteroatoms. The summed E-state index contributed by atoms with van der Waals surface area (Å²) in [5.41, 5.74) is 2.87. The minimum Gasteiger partial charge on any atom is -0.486 e. The summed E-state index contributed by atoms with van der Waals surface area (Å²) in [4.78, 5) is 26.3. The first-order chi connectivity index (χ1) is 17.6. The second kappa shape index (κ2) is 10.7. The first-order valence-electron chi connectivity index (χ1n) is 11.5. The summed E-state index contributed by atoms with van der Waals surface area (Å²) in [6.45, 7) is 0.831. The Kier molecular flexibility index (Phi) is 6.83. The summed E-state index contributed by atoms with van der Waals surface area (Å²) in [5, 5.41) is 18.1. The van der Waals surface area contributed by atoms with E-state index in [1.165, 1.54) is 4.80 Å². The van der Waals surface area contributed by atoms with Gasteiger partial charge in [0.25, 0.3) is 0 Å². The summed E-state index contributed by atoms with van der Waals surface area (Å²) in [6.07, 6.45) is 0.986. The van der Waals surface area contributed by atoms with Crippen LogP contribution in [0.15, 0.2) is 72.8 Å². The van der Waals surface area contributed by atoms with Crippen LogP contribution < -0.4 is 20.1 Å². The highest BCUT2D eigenvalue weighted by Crippen LogP contribution is 2.32. The van der Waals surface area contributed by atoms with Gasteiger partial charge in [-0.1, -0.05) is 42.5 Å². The number of rotatable bonds is 8. The van der Waals surface area contributed by atoms with Gasteiger partial charge in [-0.15, -0.1) is 10.2 Å². The number of carbonyl (C=O) groups excluding carboxylic acids is 2. The highest BCUT2D eigenvalue weighted by molar-refractivity contribution is 5.95. The van der Waals surface area contributed by atoms with Crippen molar-refractivity contribution in [2.24, 2.45) is 0 Å². The molecule has 5 rings (SSSR count). The molecule has 0 bridgehead atoms. The first-order valence-corrected chi connectivity index (χ1v) is 11.5. The van der Waals surface area contributed by atoms with Gasteiger partial charge >= 0.3 is 0 Å². The van der Waals surface area contributed by atoms with Crippen LogP contribution >= 0.6 is 0 Å². The molecule has 0 aliphatic carbocycles. The van der Waals surface area contributed by atoms with Crippen LogP contribution in [0.4, 0.5) is 11.4 Å². The summed E-state index contributed by atoms with van der Waals surface area (Å²) in [7, 11) is 0. The third-order valence-electron chi connectivity index (χ3n) is 5.49. The fourth-order valence-corrected chi connectivity index (χ4v) is 3.77. The van der Waals surface area contributed by atoms with Gasteiger partial charge < -0.3 is 20.1 Å². The average Bonchev–Trinajstić information content (AvgIpc) is 3.36. The van der Waals surface area contributed by atoms with Gasteiger partial charge in [-0.25, -0.2) is 0 Å². The molecule has 0 saturated carbocycles. The number of nitrogens with zero attached hydrogens (tertiary/aromatic N) is 4. The molecular weight excluding hydrogens is 460 g/mol. The maximum Gasteiger partial charge on any atom is 0.248 e. The quantitative estimate of drug-likeness (QED) is 0.394. The van der Waals surface area contributed by atoms with Crippen LogP contribution in [0.25, 0.3) is 11.4 Å². The Morgan fingerprint density at radius 2 is 1.64 bits per heavy atom. The Morgan fingerprint density at radius 1 is 0.861 bits per heavy atom. The Labute approximate surface area is 207 Å². The normalized spacial score (nSPS) is 12.1. The second-order valence-electron chi connectivity index (χ2n) is 8.13. The monoisotopic (exact) mass is 484 g/mol. The zero-order valence-electron chi connectivity index (χ0n) is 19.4. The Morgan fingerprint density at radius 3 is 2.50 bits per heavy atom. The molecule has 4 aromatic rings. The van der Waals surface area contributed by atoms with E-state index in [1.807, 2.05) is 42.5 Å². The lowest BCUT2D eigenvalue weighted by atomic mass is 10.1. The van der Waals surface area contributed by atoms with Crippen LogP contribution in [0.1, 0.15) is 12.0 Å². The van der Waals surface area contributed by atoms with E-state index in [-0.39, 0.29) is 18.4 Å². The molecule has 0 fully saturated rings. The molecule has 1 aliphatic heterocycles. The van der Waals surface area contributed by atoms with Gasteiger partial charge in [0.1, 0.15) is 19.8 Å². The van der Waals surface area contributed by atoms with E-state index >= 15 is 0 Å². The predicted octanol–water partition coefficient (Wildman–Crippen LogP) is 3.32. The second-order valence-corrected chi connectivity index (χ2v) is 8.13. The smallest absolute Gasteiger partial charge is 0.248 e. The van der Waals surface area contributed by atoms with E-state index in [9.17, 15) is 9.59 Å². The van der Waals surface area contributed by atoms with E-state index in [0.717, 1.165) is 5.56 Å². The van der Waals surface area contributed by atoms with Crippen molar-refractivity contribution < 1.29 is 19.1 Å². The van der Waals surface area contributed by atoms with E-state index in [1.54, 1.807) is 30.3 Å². The zero-order valence-corrected chi connectivity index (χ0v) is 19.4. The maximum absolute atomic E-state index is 12.5. The number of hydrogen-bond donors (Lipinski definition) is 2. The number of nitrogens with one attached hydrogen (secondary N) is 2. The number of fused-ring (bicyclic) bond motifs is 1. The third-order valence-corrected chi connectivity index (χ3v) is 5.49. The number of para-hydroxylation sites is 1. The van der Waals surface area contributed by atoms with E-state index in [0.29, 0.717) is 60.3 Å². The Bertz CT molecular complexity index is 1370. The molecule has 0 atom stereocenters. The Hall–Kier alpha value is -4.73. The Balaban J connectivity index is 1.21. The van der Waals surface area contributed by atoms with Gasteiger partial charge in [-0.2, -0.15) is 4.80 Å². The van der Waals surface area contributed by atoms with Crippen molar-refractivity contribution >= 4 is 23.2 Å². The van der Waals surface area contributed by atoms with Crippen molar-refractivity contribution in [2.75, 3.05) is 23.8 Å². The molecule has 2 heterocycles. The van der Waals surface area contributed by atoms with E-state index in [4.69, 9.17) is 9.47 Å². The van der Waals surface area contributed by atoms with Gasteiger partial charge in [0.05, 0.1) is 5.69 Å². The van der Waals surface area contributed by atoms with Gasteiger partial charge in [0.2, 0.25) is 17.6 Å². The van der Waals surface area contributed by atoms with E-state index in [2.05, 4.69) is 26.0 Å². The topological polar surface area (TPSA) is 120 Å². The largest absolute Gasteiger partial charge is 0.486 e. The van der Waals surface area contributed by atoms with Crippen LogP contribution in [0.5, 0.6) is 11.5 Å². The number of hydrogen-bond acceptors (Lipinski definition) is 7. The van der Waals surface area contributed by atoms with Crippen LogP contribution in [-0.4, -0.2) is 45.2 Å². The summed E-state index contributed by atoms with van der Waals surface area (Å²) < 4.78 is 11.0. The zero-order chi connectivity index (χ0) is 24.7. The van der Waals surface area contributed by atoms with E-state index < -0.39 is 0 Å². The third kappa shape index (κ3) is 5.66. The molecule has 0 unspecified atom stereocenters. The highest BCUT2D eigenvalue weighted by atomic mass is 16.6. The maximum atomic E-state index is 12.5. The lowest BCUT2D eigenvalue weighted by Gasteiger charge is -2.18. The predicted molar refractivity (Wildman–Crippen MR) is 133 cm³/mol. The molecule has 2 N–H and O–H groups in total. The fraction of sp³-hybridized carbons (Fsp3) is 0.192. The molecule has 0 spiro atoms. The van der Waals surface area contributed by atoms with Crippen molar-refractivity contribution in [3.05, 3.63) is 78.4 Å². The van der Waals surface area contributed by atoms with Crippen molar-refractivity contribution in [1.82, 2.24) is 20.2 Å². The van der Waals surface area contributed by atoms with Crippen molar-refractivity contribution in [3.63, 3.8) is 0 Å². The number of aromatic nitrogens is 4. The molecule has 0 saturated heterocycles. The molecule has 3 aromatic carbocycles. The summed E-state index contributed by atoms with van der Waals surface area (Å²) >= 11 is 0. The number of anilines is 2. The van der Waals surface area contributed by atoms with Crippen molar-refractivity contribution in [3.8, 4) is 22.9 Å². The molecule has 0 radical (unpaired) electrons. The fourth-order valence-electron chi connectivity index (χ4n) is 3.77. The lowest BCUT2D eigenvalue weighted by molar-refractivity contribution is -0.117. The minimum absolute atomic E-state index is 0.113. The van der Waals surface area contributed by atoms with Gasteiger partial charge in [0.15, 0.2) is 11.5 Å². The molecule has 10 nitrogen and oxygen atoms in total. The molecule has 1 aromatic heterocycles. The number of carbonyl (C=O) groups is 2. The van der Waals surface area contributed by atoms with Crippen LogP contribution in [-0.2, 0) is 22.6 Å². The highest BCUT2D eigenvalue weighted by Gasteiger charge is 2.16. The standard InChI is InChI=1S/C26H24N6O4/c33-24(13-10-18-6-2-1-3-7-18)28-21-9-5-4-8-20(21)26-29-31-32(30-26)17-25(34)27-19-11-12-22-23(16-19)36-15-14-35-22/h1-9,11-12,16H,10,13-15,17H2,(H,27,34)(H,28,33). The first kappa shape index (κ1) is 23.0. The molecule has 1 aliphatic rings. The van der Waals surface area contributed by atoms with Crippen molar-refractivity contribution in [1.29, 1.82) is 0 Å². The number of amides is 2. The average molecular weight is 485 g/mol. The van der Waals surface area contributed by atoms with Gasteiger partial charge in [-0.3, -0.25) is 9.59 Å². The van der Waals surface area contributed by atoms with Crippen molar-refractivity contribution in [2.45, 2.75) is 19.4 Å². The van der Waals surface area contributed by atoms with Crippen LogP contribution in [0.2, 0.25) is 0 Å². The molecule has 36 heavy (non-hydrogen) atoms. The minimum atomic E-state index is -0.321. The number of tetrazole rings is 1. The van der Waals surface area contributed by atoms with Gasteiger partial charge in [-0.05, 0) is 41.5 Å².